The van der Waals surface area contributed by atoms with Crippen LogP contribution in [0, 0.1) is 17.2 Å². The Balaban J connectivity index is 2.12. The molecule has 1 atom stereocenters. The molecule has 0 aliphatic carbocycles. The van der Waals surface area contributed by atoms with Gasteiger partial charge in [-0.25, -0.2) is 8.42 Å². The van der Waals surface area contributed by atoms with Gasteiger partial charge in [0.25, 0.3) is 10.0 Å². The summed E-state index contributed by atoms with van der Waals surface area (Å²) >= 11 is 1.00. The van der Waals surface area contributed by atoms with Crippen molar-refractivity contribution in [1.29, 1.82) is 5.26 Å². The second-order valence-electron chi connectivity index (χ2n) is 4.71. The quantitative estimate of drug-likeness (QED) is 0.915. The van der Waals surface area contributed by atoms with Crippen LogP contribution < -0.4 is 0 Å². The fraction of sp³-hybridized carbons (Fsp3) is 0.583. The zero-order valence-corrected chi connectivity index (χ0v) is 12.2. The first kappa shape index (κ1) is 14.5. The molecule has 1 unspecified atom stereocenters. The Labute approximate surface area is 117 Å². The normalized spacial score (nSPS) is 20.1. The molecule has 2 rings (SSSR count). The van der Waals surface area contributed by atoms with E-state index in [4.69, 9.17) is 5.26 Å². The average Bonchev–Trinajstić information content (AvgIpc) is 2.88. The molecule has 19 heavy (non-hydrogen) atoms. The lowest BCUT2D eigenvalue weighted by atomic mass is 9.93. The van der Waals surface area contributed by atoms with Crippen molar-refractivity contribution in [3.05, 3.63) is 17.0 Å². The highest BCUT2D eigenvalue weighted by atomic mass is 32.2. The van der Waals surface area contributed by atoms with Gasteiger partial charge in [-0.15, -0.1) is 11.3 Å². The Kier molecular flexibility index (Phi) is 4.26. The number of hydrogen-bond donors (Lipinski definition) is 1. The van der Waals surface area contributed by atoms with Crippen LogP contribution in [-0.2, 0) is 10.0 Å². The van der Waals surface area contributed by atoms with E-state index in [9.17, 15) is 13.5 Å². The summed E-state index contributed by atoms with van der Waals surface area (Å²) in [6.07, 6.45) is 0.956. The Hall–Kier alpha value is -0.940. The van der Waals surface area contributed by atoms with Gasteiger partial charge >= 0.3 is 0 Å². The number of piperidine rings is 1. The van der Waals surface area contributed by atoms with E-state index in [2.05, 4.69) is 0 Å². The number of sulfonamides is 1. The minimum atomic E-state index is -3.48. The van der Waals surface area contributed by atoms with Crippen LogP contribution in [0.2, 0.25) is 0 Å². The van der Waals surface area contributed by atoms with Gasteiger partial charge in [-0.05, 0) is 37.8 Å². The third kappa shape index (κ3) is 2.98. The monoisotopic (exact) mass is 300 g/mol. The summed E-state index contributed by atoms with van der Waals surface area (Å²) in [4.78, 5) is 0.400. The topological polar surface area (TPSA) is 81.4 Å². The maximum atomic E-state index is 12.4. The number of aliphatic hydroxyl groups excluding tert-OH is 1. The van der Waals surface area contributed by atoms with Crippen LogP contribution in [-0.4, -0.2) is 37.0 Å². The standard InChI is InChI=1S/C12H16N2O3S2/c1-9(15)10-4-6-14(7-5-10)19(16,17)12-3-2-11(8-13)18-12/h2-3,9-10,15H,4-7H2,1H3. The van der Waals surface area contributed by atoms with Gasteiger partial charge in [-0.3, -0.25) is 0 Å². The fourth-order valence-electron chi connectivity index (χ4n) is 2.24. The second kappa shape index (κ2) is 5.59. The molecule has 104 valence electrons. The van der Waals surface area contributed by atoms with Gasteiger partial charge < -0.3 is 5.11 Å². The minimum absolute atomic E-state index is 0.171. The summed E-state index contributed by atoms with van der Waals surface area (Å²) in [7, 11) is -3.48. The van der Waals surface area contributed by atoms with E-state index in [1.807, 2.05) is 6.07 Å². The van der Waals surface area contributed by atoms with Gasteiger partial charge in [0, 0.05) is 13.1 Å². The fourth-order valence-corrected chi connectivity index (χ4v) is 4.97. The van der Waals surface area contributed by atoms with E-state index in [0.29, 0.717) is 30.8 Å². The molecule has 1 saturated heterocycles. The van der Waals surface area contributed by atoms with Crippen molar-refractivity contribution in [2.24, 2.45) is 5.92 Å². The van der Waals surface area contributed by atoms with E-state index in [1.165, 1.54) is 16.4 Å². The number of thiophene rings is 1. The van der Waals surface area contributed by atoms with Crippen LogP contribution >= 0.6 is 11.3 Å². The van der Waals surface area contributed by atoms with Gasteiger partial charge in [-0.2, -0.15) is 9.57 Å². The molecule has 0 spiro atoms. The Morgan fingerprint density at radius 3 is 2.58 bits per heavy atom. The van der Waals surface area contributed by atoms with Crippen LogP contribution in [0.25, 0.3) is 0 Å². The largest absolute Gasteiger partial charge is 0.393 e. The van der Waals surface area contributed by atoms with Crippen LogP contribution in [0.5, 0.6) is 0 Å². The molecule has 1 N–H and O–H groups in total. The third-order valence-corrected chi connectivity index (χ3v) is 6.82. The van der Waals surface area contributed by atoms with E-state index < -0.39 is 16.1 Å². The maximum absolute atomic E-state index is 12.4. The summed E-state index contributed by atoms with van der Waals surface area (Å²) < 4.78 is 26.4. The molecule has 0 bridgehead atoms. The zero-order chi connectivity index (χ0) is 14.0. The van der Waals surface area contributed by atoms with E-state index in [0.717, 1.165) is 11.3 Å². The number of rotatable bonds is 3. The highest BCUT2D eigenvalue weighted by Gasteiger charge is 2.31. The molecule has 0 aromatic carbocycles. The molecule has 1 aromatic rings. The van der Waals surface area contributed by atoms with Crippen molar-refractivity contribution in [3.63, 3.8) is 0 Å². The summed E-state index contributed by atoms with van der Waals surface area (Å²) in [6, 6.07) is 4.96. The Bertz CT molecular complexity index is 578. The molecular weight excluding hydrogens is 284 g/mol. The molecule has 7 heteroatoms. The Morgan fingerprint density at radius 2 is 2.11 bits per heavy atom. The number of aliphatic hydroxyl groups is 1. The molecule has 1 aliphatic rings. The Morgan fingerprint density at radius 1 is 1.47 bits per heavy atom. The lowest BCUT2D eigenvalue weighted by Crippen LogP contribution is -2.40. The van der Waals surface area contributed by atoms with Crippen LogP contribution in [0.1, 0.15) is 24.6 Å². The first-order valence-corrected chi connectivity index (χ1v) is 8.39. The van der Waals surface area contributed by atoms with Crippen molar-refractivity contribution in [1.82, 2.24) is 4.31 Å². The van der Waals surface area contributed by atoms with Crippen molar-refractivity contribution in [2.75, 3.05) is 13.1 Å². The first-order chi connectivity index (χ1) is 8.95. The molecular formula is C12H16N2O3S2. The molecule has 5 nitrogen and oxygen atoms in total. The summed E-state index contributed by atoms with van der Waals surface area (Å²) in [5.74, 6) is 0.171. The smallest absolute Gasteiger partial charge is 0.252 e. The van der Waals surface area contributed by atoms with E-state index in [1.54, 1.807) is 6.92 Å². The SMILES string of the molecule is CC(O)C1CCN(S(=O)(=O)c2ccc(C#N)s2)CC1. The van der Waals surface area contributed by atoms with Crippen molar-refractivity contribution < 1.29 is 13.5 Å². The van der Waals surface area contributed by atoms with Gasteiger partial charge in [-0.1, -0.05) is 0 Å². The van der Waals surface area contributed by atoms with Gasteiger partial charge in [0.1, 0.15) is 15.2 Å². The first-order valence-electron chi connectivity index (χ1n) is 6.13. The van der Waals surface area contributed by atoms with Crippen LogP contribution in [0.4, 0.5) is 0 Å². The molecule has 0 radical (unpaired) electrons. The predicted molar refractivity (Wildman–Crippen MR) is 72.2 cm³/mol. The summed E-state index contributed by atoms with van der Waals surface area (Å²) in [6.45, 7) is 2.60. The molecule has 1 aliphatic heterocycles. The third-order valence-electron chi connectivity index (χ3n) is 3.47. The van der Waals surface area contributed by atoms with Gasteiger partial charge in [0.2, 0.25) is 0 Å². The molecule has 0 saturated carbocycles. The highest BCUT2D eigenvalue weighted by Crippen LogP contribution is 2.29. The lowest BCUT2D eigenvalue weighted by Gasteiger charge is -2.32. The second-order valence-corrected chi connectivity index (χ2v) is 7.96. The molecule has 0 amide bonds. The van der Waals surface area contributed by atoms with Gasteiger partial charge in [0.15, 0.2) is 0 Å². The molecule has 1 fully saturated rings. The van der Waals surface area contributed by atoms with E-state index >= 15 is 0 Å². The van der Waals surface area contributed by atoms with Crippen LogP contribution in [0.15, 0.2) is 16.3 Å². The number of nitrogens with zero attached hydrogens (tertiary/aromatic N) is 2. The van der Waals surface area contributed by atoms with Crippen LogP contribution in [0.3, 0.4) is 0 Å². The maximum Gasteiger partial charge on any atom is 0.252 e. The summed E-state index contributed by atoms with van der Waals surface area (Å²) in [5.41, 5.74) is 0. The molecule has 1 aromatic heterocycles. The van der Waals surface area contributed by atoms with Gasteiger partial charge in [0.05, 0.1) is 6.10 Å². The number of hydrogen-bond acceptors (Lipinski definition) is 5. The van der Waals surface area contributed by atoms with Crippen molar-refractivity contribution in [3.8, 4) is 6.07 Å². The lowest BCUT2D eigenvalue weighted by molar-refractivity contribution is 0.0912. The highest BCUT2D eigenvalue weighted by molar-refractivity contribution is 7.91. The average molecular weight is 300 g/mol. The van der Waals surface area contributed by atoms with Crippen molar-refractivity contribution >= 4 is 21.4 Å². The predicted octanol–water partition coefficient (Wildman–Crippen LogP) is 1.40. The molecule has 2 heterocycles. The number of nitriles is 1. The zero-order valence-electron chi connectivity index (χ0n) is 10.6. The minimum Gasteiger partial charge on any atom is -0.393 e. The van der Waals surface area contributed by atoms with Crippen molar-refractivity contribution in [2.45, 2.75) is 30.1 Å². The summed E-state index contributed by atoms with van der Waals surface area (Å²) in [5, 5.41) is 18.3. The van der Waals surface area contributed by atoms with E-state index in [-0.39, 0.29) is 10.1 Å².